The van der Waals surface area contributed by atoms with Crippen molar-refractivity contribution in [2.75, 3.05) is 18.9 Å². The Kier molecular flexibility index (Phi) is 5.97. The standard InChI is InChI=1S/C17H18N6O.CH4/c1-3-12(9-18-2)14-11-21-16-15(20-7-8-23(14)16)22-17(24)13-5-4-6-19-10-13;/h3-8,10-11,18H,9H2,1-2H3,(H,20,22,24);1H4/b12-3+;. The summed E-state index contributed by atoms with van der Waals surface area (Å²) in [5.41, 5.74) is 3.14. The molecule has 7 nitrogen and oxygen atoms in total. The first kappa shape index (κ1) is 18.3. The average molecular weight is 338 g/mol. The number of anilines is 1. The molecule has 3 aromatic heterocycles. The van der Waals surface area contributed by atoms with Gasteiger partial charge >= 0.3 is 0 Å². The van der Waals surface area contributed by atoms with Gasteiger partial charge in [0, 0.05) is 31.3 Å². The molecule has 3 heterocycles. The van der Waals surface area contributed by atoms with Gasteiger partial charge in [-0.25, -0.2) is 9.97 Å². The van der Waals surface area contributed by atoms with Gasteiger partial charge in [-0.15, -0.1) is 0 Å². The fraction of sp³-hybridized carbons (Fsp3) is 0.222. The zero-order chi connectivity index (χ0) is 16.9. The lowest BCUT2D eigenvalue weighted by atomic mass is 10.2. The van der Waals surface area contributed by atoms with E-state index in [1.54, 1.807) is 30.7 Å². The van der Waals surface area contributed by atoms with E-state index in [0.717, 1.165) is 17.8 Å². The van der Waals surface area contributed by atoms with Gasteiger partial charge in [0.05, 0.1) is 17.5 Å². The first-order valence-electron chi connectivity index (χ1n) is 7.58. The maximum Gasteiger partial charge on any atom is 0.258 e. The largest absolute Gasteiger partial charge is 0.316 e. The second kappa shape index (κ2) is 8.16. The normalized spacial score (nSPS) is 11.2. The predicted octanol–water partition coefficient (Wildman–Crippen LogP) is 2.64. The SMILES string of the molecule is C.C/C=C(\CNC)c1cnc2c(NC(=O)c3cccnc3)nccn12. The first-order chi connectivity index (χ1) is 11.7. The van der Waals surface area contributed by atoms with Crippen LogP contribution < -0.4 is 10.6 Å². The zero-order valence-corrected chi connectivity index (χ0v) is 13.5. The molecule has 0 aliphatic rings. The number of likely N-dealkylation sites (N-methyl/N-ethyl adjacent to an activating group) is 1. The van der Waals surface area contributed by atoms with Crippen molar-refractivity contribution in [3.63, 3.8) is 0 Å². The van der Waals surface area contributed by atoms with Crippen molar-refractivity contribution in [3.8, 4) is 0 Å². The molecule has 0 aromatic carbocycles. The summed E-state index contributed by atoms with van der Waals surface area (Å²) in [4.78, 5) is 24.9. The van der Waals surface area contributed by atoms with Gasteiger partial charge in [-0.1, -0.05) is 13.5 Å². The molecule has 3 aromatic rings. The lowest BCUT2D eigenvalue weighted by Gasteiger charge is -2.08. The van der Waals surface area contributed by atoms with Crippen molar-refractivity contribution in [3.05, 3.63) is 60.5 Å². The fourth-order valence-corrected chi connectivity index (χ4v) is 2.45. The van der Waals surface area contributed by atoms with Crippen molar-refractivity contribution in [1.29, 1.82) is 0 Å². The summed E-state index contributed by atoms with van der Waals surface area (Å²) in [6.45, 7) is 2.71. The molecule has 0 radical (unpaired) electrons. The number of carbonyl (C=O) groups excluding carboxylic acids is 1. The second-order valence-electron chi connectivity index (χ2n) is 5.15. The van der Waals surface area contributed by atoms with E-state index in [1.807, 2.05) is 30.6 Å². The van der Waals surface area contributed by atoms with E-state index in [1.165, 1.54) is 6.20 Å². The monoisotopic (exact) mass is 338 g/mol. The summed E-state index contributed by atoms with van der Waals surface area (Å²) >= 11 is 0. The topological polar surface area (TPSA) is 84.2 Å². The Morgan fingerprint density at radius 1 is 1.28 bits per heavy atom. The van der Waals surface area contributed by atoms with Crippen LogP contribution in [0.1, 0.15) is 30.4 Å². The lowest BCUT2D eigenvalue weighted by molar-refractivity contribution is 0.102. The Labute approximate surface area is 146 Å². The smallest absolute Gasteiger partial charge is 0.258 e. The number of pyridine rings is 1. The Balaban J connectivity index is 0.00000225. The third-order valence-electron chi connectivity index (χ3n) is 3.63. The van der Waals surface area contributed by atoms with Gasteiger partial charge in [-0.2, -0.15) is 0 Å². The minimum Gasteiger partial charge on any atom is -0.316 e. The van der Waals surface area contributed by atoms with E-state index in [9.17, 15) is 4.79 Å². The first-order valence-corrected chi connectivity index (χ1v) is 7.58. The van der Waals surface area contributed by atoms with E-state index < -0.39 is 0 Å². The molecule has 0 bridgehead atoms. The third-order valence-corrected chi connectivity index (χ3v) is 3.63. The van der Waals surface area contributed by atoms with Gasteiger partial charge in [0.25, 0.3) is 5.91 Å². The second-order valence-corrected chi connectivity index (χ2v) is 5.15. The Hall–Kier alpha value is -3.06. The molecule has 1 amide bonds. The summed E-state index contributed by atoms with van der Waals surface area (Å²) < 4.78 is 1.92. The summed E-state index contributed by atoms with van der Waals surface area (Å²) in [6.07, 6.45) is 10.4. The quantitative estimate of drug-likeness (QED) is 0.747. The van der Waals surface area contributed by atoms with E-state index in [2.05, 4.69) is 25.6 Å². The molecule has 0 aliphatic heterocycles. The highest BCUT2D eigenvalue weighted by molar-refractivity contribution is 6.05. The van der Waals surface area contributed by atoms with Gasteiger partial charge in [0.15, 0.2) is 11.5 Å². The van der Waals surface area contributed by atoms with Crippen LogP contribution in [0.2, 0.25) is 0 Å². The van der Waals surface area contributed by atoms with Crippen LogP contribution in [-0.2, 0) is 0 Å². The van der Waals surface area contributed by atoms with Crippen molar-refractivity contribution < 1.29 is 4.79 Å². The van der Waals surface area contributed by atoms with Crippen LogP contribution in [0.15, 0.2) is 49.2 Å². The van der Waals surface area contributed by atoms with Crippen LogP contribution in [0.4, 0.5) is 5.82 Å². The number of nitrogens with one attached hydrogen (secondary N) is 2. The van der Waals surface area contributed by atoms with Crippen LogP contribution in [0.3, 0.4) is 0 Å². The minimum absolute atomic E-state index is 0. The lowest BCUT2D eigenvalue weighted by Crippen LogP contribution is -2.14. The number of nitrogens with zero attached hydrogens (tertiary/aromatic N) is 4. The molecule has 2 N–H and O–H groups in total. The molecule has 7 heteroatoms. The zero-order valence-electron chi connectivity index (χ0n) is 13.5. The van der Waals surface area contributed by atoms with Gasteiger partial charge in [-0.3, -0.25) is 14.2 Å². The number of imidazole rings is 1. The highest BCUT2D eigenvalue weighted by Crippen LogP contribution is 2.20. The van der Waals surface area contributed by atoms with Crippen LogP contribution in [0.25, 0.3) is 11.2 Å². The molecule has 3 rings (SSSR count). The van der Waals surface area contributed by atoms with Gasteiger partial charge in [-0.05, 0) is 31.7 Å². The number of aromatic nitrogens is 4. The summed E-state index contributed by atoms with van der Waals surface area (Å²) in [5, 5.41) is 5.93. The van der Waals surface area contributed by atoms with Gasteiger partial charge in [0.2, 0.25) is 0 Å². The predicted molar refractivity (Wildman–Crippen MR) is 99.5 cm³/mol. The number of allylic oxidation sites excluding steroid dienone is 1. The third kappa shape index (κ3) is 3.72. The van der Waals surface area contributed by atoms with E-state index in [4.69, 9.17) is 0 Å². The van der Waals surface area contributed by atoms with Crippen LogP contribution in [0, 0.1) is 0 Å². The van der Waals surface area contributed by atoms with E-state index >= 15 is 0 Å². The molecular formula is C18H22N6O. The van der Waals surface area contributed by atoms with Crippen LogP contribution in [-0.4, -0.2) is 38.9 Å². The van der Waals surface area contributed by atoms with Crippen molar-refractivity contribution in [2.45, 2.75) is 14.4 Å². The number of hydrogen-bond donors (Lipinski definition) is 2. The molecule has 0 saturated heterocycles. The van der Waals surface area contributed by atoms with Crippen molar-refractivity contribution in [1.82, 2.24) is 24.7 Å². The number of rotatable bonds is 5. The van der Waals surface area contributed by atoms with Crippen LogP contribution in [0.5, 0.6) is 0 Å². The molecule has 130 valence electrons. The van der Waals surface area contributed by atoms with Crippen molar-refractivity contribution >= 4 is 22.9 Å². The number of amides is 1. The molecule has 0 saturated carbocycles. The summed E-state index contributed by atoms with van der Waals surface area (Å²) in [7, 11) is 1.90. The summed E-state index contributed by atoms with van der Waals surface area (Å²) in [6, 6.07) is 3.41. The number of carbonyl (C=O) groups is 1. The molecule has 0 atom stereocenters. The highest BCUT2D eigenvalue weighted by atomic mass is 16.1. The minimum atomic E-state index is -0.269. The fourth-order valence-electron chi connectivity index (χ4n) is 2.45. The Bertz CT molecular complexity index is 885. The molecular weight excluding hydrogens is 316 g/mol. The molecule has 0 unspecified atom stereocenters. The summed E-state index contributed by atoms with van der Waals surface area (Å²) in [5.74, 6) is 0.146. The molecule has 25 heavy (non-hydrogen) atoms. The molecule has 0 aliphatic carbocycles. The van der Waals surface area contributed by atoms with Gasteiger partial charge < -0.3 is 10.6 Å². The molecule has 0 fully saturated rings. The number of fused-ring (bicyclic) bond motifs is 1. The van der Waals surface area contributed by atoms with Crippen LogP contribution >= 0.6 is 0 Å². The maximum atomic E-state index is 12.3. The van der Waals surface area contributed by atoms with Crippen molar-refractivity contribution in [2.24, 2.45) is 0 Å². The Morgan fingerprint density at radius 2 is 2.12 bits per heavy atom. The maximum absolute atomic E-state index is 12.3. The number of hydrogen-bond acceptors (Lipinski definition) is 5. The Morgan fingerprint density at radius 3 is 2.80 bits per heavy atom. The van der Waals surface area contributed by atoms with E-state index in [0.29, 0.717) is 17.0 Å². The van der Waals surface area contributed by atoms with Gasteiger partial charge in [0.1, 0.15) is 0 Å². The van der Waals surface area contributed by atoms with E-state index in [-0.39, 0.29) is 13.3 Å². The average Bonchev–Trinajstić information content (AvgIpc) is 3.05. The highest BCUT2D eigenvalue weighted by Gasteiger charge is 2.14. The molecule has 0 spiro atoms.